The highest BCUT2D eigenvalue weighted by Gasteiger charge is 2.29. The van der Waals surface area contributed by atoms with Gasteiger partial charge >= 0.3 is 0 Å². The number of nitrogens with zero attached hydrogens (tertiary/aromatic N) is 2. The van der Waals surface area contributed by atoms with Gasteiger partial charge in [-0.15, -0.1) is 11.8 Å². The van der Waals surface area contributed by atoms with Gasteiger partial charge in [0.15, 0.2) is 0 Å². The van der Waals surface area contributed by atoms with Crippen LogP contribution in [0.4, 0.5) is 0 Å². The Hall–Kier alpha value is -2.53. The summed E-state index contributed by atoms with van der Waals surface area (Å²) in [6, 6.07) is 14.6. The second kappa shape index (κ2) is 7.00. The lowest BCUT2D eigenvalue weighted by molar-refractivity contribution is -0.121. The number of amides is 1. The molecule has 26 heavy (non-hydrogen) atoms. The van der Waals surface area contributed by atoms with E-state index >= 15 is 0 Å². The van der Waals surface area contributed by atoms with Gasteiger partial charge in [0.25, 0.3) is 0 Å². The van der Waals surface area contributed by atoms with Crippen LogP contribution in [0.15, 0.2) is 66.1 Å². The molecule has 0 aliphatic carbocycles. The molecule has 1 aliphatic heterocycles. The van der Waals surface area contributed by atoms with Crippen LogP contribution in [0.3, 0.4) is 0 Å². The Morgan fingerprint density at radius 1 is 1.27 bits per heavy atom. The Morgan fingerprint density at radius 3 is 2.81 bits per heavy atom. The third-order valence-electron chi connectivity index (χ3n) is 4.74. The van der Waals surface area contributed by atoms with Crippen molar-refractivity contribution >= 4 is 17.7 Å². The third-order valence-corrected chi connectivity index (χ3v) is 6.04. The van der Waals surface area contributed by atoms with E-state index in [-0.39, 0.29) is 17.2 Å². The molecule has 3 aromatic rings. The molecule has 2 atom stereocenters. The SMILES string of the molecule is Cc1ccc2c(c1)SC(C(=O)NC(C)c1ccc(-n3ccnc3)cc1)C2. The van der Waals surface area contributed by atoms with Crippen LogP contribution in [-0.4, -0.2) is 20.7 Å². The molecule has 0 saturated heterocycles. The number of thioether (sulfide) groups is 1. The van der Waals surface area contributed by atoms with E-state index < -0.39 is 0 Å². The lowest BCUT2D eigenvalue weighted by atomic mass is 10.1. The smallest absolute Gasteiger partial charge is 0.234 e. The Morgan fingerprint density at radius 2 is 2.08 bits per heavy atom. The van der Waals surface area contributed by atoms with Gasteiger partial charge in [0.05, 0.1) is 17.6 Å². The fourth-order valence-corrected chi connectivity index (χ4v) is 4.52. The maximum absolute atomic E-state index is 12.7. The number of imidazole rings is 1. The van der Waals surface area contributed by atoms with Gasteiger partial charge in [0, 0.05) is 23.0 Å². The van der Waals surface area contributed by atoms with Crippen LogP contribution >= 0.6 is 11.8 Å². The molecule has 132 valence electrons. The highest BCUT2D eigenvalue weighted by Crippen LogP contribution is 2.37. The van der Waals surface area contributed by atoms with Crippen molar-refractivity contribution in [2.24, 2.45) is 0 Å². The minimum absolute atomic E-state index is 0.0228. The first kappa shape index (κ1) is 16.9. The van der Waals surface area contributed by atoms with Crippen LogP contribution in [0.1, 0.15) is 29.7 Å². The molecular weight excluding hydrogens is 342 g/mol. The minimum atomic E-state index is -0.0422. The molecule has 1 amide bonds. The van der Waals surface area contributed by atoms with E-state index in [9.17, 15) is 4.79 Å². The minimum Gasteiger partial charge on any atom is -0.349 e. The van der Waals surface area contributed by atoms with Crippen molar-refractivity contribution in [2.45, 2.75) is 36.5 Å². The molecular formula is C21H21N3OS. The van der Waals surface area contributed by atoms with Crippen molar-refractivity contribution in [3.63, 3.8) is 0 Å². The van der Waals surface area contributed by atoms with E-state index in [2.05, 4.69) is 47.6 Å². The number of aryl methyl sites for hydroxylation is 1. The Kier molecular flexibility index (Phi) is 4.55. The van der Waals surface area contributed by atoms with Crippen LogP contribution < -0.4 is 5.32 Å². The van der Waals surface area contributed by atoms with Crippen molar-refractivity contribution in [1.29, 1.82) is 0 Å². The number of benzene rings is 2. The lowest BCUT2D eigenvalue weighted by Crippen LogP contribution is -2.34. The number of nitrogens with one attached hydrogen (secondary N) is 1. The monoisotopic (exact) mass is 363 g/mol. The number of carbonyl (C=O) groups is 1. The number of aromatic nitrogens is 2. The van der Waals surface area contributed by atoms with Crippen molar-refractivity contribution in [3.8, 4) is 5.69 Å². The fraction of sp³-hybridized carbons (Fsp3) is 0.238. The van der Waals surface area contributed by atoms with Gasteiger partial charge in [0.1, 0.15) is 0 Å². The number of rotatable bonds is 4. The molecule has 4 nitrogen and oxygen atoms in total. The number of carbonyl (C=O) groups excluding carboxylic acids is 1. The second-order valence-corrected chi connectivity index (χ2v) is 7.96. The molecule has 4 rings (SSSR count). The molecule has 2 aromatic carbocycles. The Bertz CT molecular complexity index is 919. The van der Waals surface area contributed by atoms with Gasteiger partial charge in [-0.2, -0.15) is 0 Å². The summed E-state index contributed by atoms with van der Waals surface area (Å²) in [6.07, 6.45) is 6.25. The molecule has 2 unspecified atom stereocenters. The topological polar surface area (TPSA) is 46.9 Å². The van der Waals surface area contributed by atoms with Gasteiger partial charge in [-0.3, -0.25) is 4.79 Å². The van der Waals surface area contributed by atoms with E-state index in [1.807, 2.05) is 29.8 Å². The Labute approximate surface area is 157 Å². The summed E-state index contributed by atoms with van der Waals surface area (Å²) in [5.74, 6) is 0.107. The largest absolute Gasteiger partial charge is 0.349 e. The van der Waals surface area contributed by atoms with Crippen molar-refractivity contribution in [1.82, 2.24) is 14.9 Å². The van der Waals surface area contributed by atoms with Crippen LogP contribution in [0.25, 0.3) is 5.69 Å². The maximum atomic E-state index is 12.7. The zero-order valence-corrected chi connectivity index (χ0v) is 15.7. The zero-order valence-electron chi connectivity index (χ0n) is 14.8. The van der Waals surface area contributed by atoms with E-state index in [4.69, 9.17) is 0 Å². The van der Waals surface area contributed by atoms with Crippen LogP contribution in [0.2, 0.25) is 0 Å². The highest BCUT2D eigenvalue weighted by atomic mass is 32.2. The first-order chi connectivity index (χ1) is 12.6. The fourth-order valence-electron chi connectivity index (χ4n) is 3.22. The quantitative estimate of drug-likeness (QED) is 0.760. The molecule has 0 fully saturated rings. The summed E-state index contributed by atoms with van der Waals surface area (Å²) < 4.78 is 1.96. The molecule has 0 saturated carbocycles. The number of hydrogen-bond acceptors (Lipinski definition) is 3. The highest BCUT2D eigenvalue weighted by molar-refractivity contribution is 8.01. The number of hydrogen-bond donors (Lipinski definition) is 1. The molecule has 1 aliphatic rings. The number of fused-ring (bicyclic) bond motifs is 1. The molecule has 1 aromatic heterocycles. The molecule has 0 radical (unpaired) electrons. The normalized spacial score (nSPS) is 16.9. The average molecular weight is 363 g/mol. The second-order valence-electron chi connectivity index (χ2n) is 6.71. The predicted molar refractivity (Wildman–Crippen MR) is 105 cm³/mol. The Balaban J connectivity index is 1.40. The summed E-state index contributed by atoms with van der Waals surface area (Å²) in [4.78, 5) is 18.0. The summed E-state index contributed by atoms with van der Waals surface area (Å²) in [5, 5.41) is 3.12. The molecule has 1 N–H and O–H groups in total. The first-order valence-electron chi connectivity index (χ1n) is 8.75. The molecule has 5 heteroatoms. The van der Waals surface area contributed by atoms with Gasteiger partial charge in [-0.25, -0.2) is 4.98 Å². The van der Waals surface area contributed by atoms with E-state index in [0.717, 1.165) is 17.7 Å². The van der Waals surface area contributed by atoms with Crippen LogP contribution in [0, 0.1) is 6.92 Å². The van der Waals surface area contributed by atoms with Gasteiger partial charge in [-0.1, -0.05) is 29.8 Å². The molecule has 0 bridgehead atoms. The molecule has 2 heterocycles. The van der Waals surface area contributed by atoms with E-state index in [1.165, 1.54) is 16.0 Å². The average Bonchev–Trinajstić information content (AvgIpc) is 3.31. The van der Waals surface area contributed by atoms with E-state index in [1.54, 1.807) is 24.3 Å². The summed E-state index contributed by atoms with van der Waals surface area (Å²) in [6.45, 7) is 4.12. The summed E-state index contributed by atoms with van der Waals surface area (Å²) in [7, 11) is 0. The van der Waals surface area contributed by atoms with Crippen LogP contribution in [0.5, 0.6) is 0 Å². The lowest BCUT2D eigenvalue weighted by Gasteiger charge is -2.17. The first-order valence-corrected chi connectivity index (χ1v) is 9.63. The zero-order chi connectivity index (χ0) is 18.1. The van der Waals surface area contributed by atoms with Crippen molar-refractivity contribution in [3.05, 3.63) is 77.9 Å². The van der Waals surface area contributed by atoms with Crippen molar-refractivity contribution in [2.75, 3.05) is 0 Å². The molecule has 0 spiro atoms. The third kappa shape index (κ3) is 3.40. The predicted octanol–water partition coefficient (Wildman–Crippen LogP) is 4.07. The van der Waals surface area contributed by atoms with E-state index in [0.29, 0.717) is 0 Å². The van der Waals surface area contributed by atoms with Gasteiger partial charge < -0.3 is 9.88 Å². The van der Waals surface area contributed by atoms with Crippen LogP contribution in [-0.2, 0) is 11.2 Å². The standard InChI is InChI=1S/C21H21N3OS/c1-14-3-4-17-12-20(26-19(17)11-14)21(25)23-15(2)16-5-7-18(8-6-16)24-10-9-22-13-24/h3-11,13,15,20H,12H2,1-2H3,(H,23,25). The summed E-state index contributed by atoms with van der Waals surface area (Å²) >= 11 is 1.67. The maximum Gasteiger partial charge on any atom is 0.234 e. The van der Waals surface area contributed by atoms with Gasteiger partial charge in [-0.05, 0) is 49.6 Å². The van der Waals surface area contributed by atoms with Gasteiger partial charge in [0.2, 0.25) is 5.91 Å². The van der Waals surface area contributed by atoms with Crippen molar-refractivity contribution < 1.29 is 4.79 Å². The summed E-state index contributed by atoms with van der Waals surface area (Å²) in [5.41, 5.74) is 4.67.